The molecule has 32 heavy (non-hydrogen) atoms. The highest BCUT2D eigenvalue weighted by Crippen LogP contribution is 2.19. The van der Waals surface area contributed by atoms with E-state index < -0.39 is 24.0 Å². The van der Waals surface area contributed by atoms with Crippen molar-refractivity contribution in [2.75, 3.05) is 20.8 Å². The molecule has 0 spiro atoms. The van der Waals surface area contributed by atoms with Crippen molar-refractivity contribution < 1.29 is 23.9 Å². The van der Waals surface area contributed by atoms with Gasteiger partial charge in [-0.05, 0) is 42.0 Å². The van der Waals surface area contributed by atoms with Gasteiger partial charge in [-0.1, -0.05) is 56.3 Å². The quantitative estimate of drug-likeness (QED) is 0.521. The molecule has 0 aromatic heterocycles. The van der Waals surface area contributed by atoms with Crippen molar-refractivity contribution in [2.45, 2.75) is 38.8 Å². The summed E-state index contributed by atoms with van der Waals surface area (Å²) in [5.74, 6) is -0.942. The average molecular weight is 441 g/mol. The van der Waals surface area contributed by atoms with Gasteiger partial charge in [-0.15, -0.1) is 0 Å². The first-order valence-electron chi connectivity index (χ1n) is 10.7. The Kier molecular flexibility index (Phi) is 9.88. The second kappa shape index (κ2) is 12.6. The fourth-order valence-electron chi connectivity index (χ4n) is 3.38. The third-order valence-corrected chi connectivity index (χ3v) is 5.05. The topological polar surface area (TPSA) is 93.7 Å². The summed E-state index contributed by atoms with van der Waals surface area (Å²) in [5, 5.41) is 5.85. The van der Waals surface area contributed by atoms with Crippen molar-refractivity contribution in [3.63, 3.8) is 0 Å². The minimum atomic E-state index is -0.747. The Morgan fingerprint density at radius 3 is 1.94 bits per heavy atom. The van der Waals surface area contributed by atoms with Gasteiger partial charge in [-0.25, -0.2) is 0 Å². The van der Waals surface area contributed by atoms with Crippen LogP contribution >= 0.6 is 0 Å². The molecule has 0 aliphatic carbocycles. The van der Waals surface area contributed by atoms with Crippen LogP contribution in [0.5, 0.6) is 0 Å². The van der Waals surface area contributed by atoms with Crippen LogP contribution in [0.3, 0.4) is 0 Å². The fourth-order valence-corrected chi connectivity index (χ4v) is 3.38. The van der Waals surface area contributed by atoms with E-state index in [2.05, 4.69) is 10.6 Å². The van der Waals surface area contributed by atoms with Crippen molar-refractivity contribution in [3.05, 3.63) is 60.2 Å². The molecule has 0 saturated heterocycles. The van der Waals surface area contributed by atoms with E-state index in [0.717, 1.165) is 11.1 Å². The molecule has 172 valence electrons. The Morgan fingerprint density at radius 2 is 1.38 bits per heavy atom. The molecule has 0 heterocycles. The van der Waals surface area contributed by atoms with Crippen molar-refractivity contribution >= 4 is 17.8 Å². The maximum atomic E-state index is 12.5. The molecule has 2 unspecified atom stereocenters. The molecule has 0 radical (unpaired) electrons. The standard InChI is InChI=1S/C25H32N2O5/c1-17(2)16-22(25(30)32-4)27-21(24(29)31-3)14-15-26-23(28)20-12-10-19(11-13-20)18-8-6-5-7-9-18/h5-13,17,21-22,27H,14-16H2,1-4H3,(H,26,28). The van der Waals surface area contributed by atoms with Gasteiger partial charge < -0.3 is 14.8 Å². The SMILES string of the molecule is COC(=O)C(CCNC(=O)c1ccc(-c2ccccc2)cc1)NC(CC(C)C)C(=O)OC. The van der Waals surface area contributed by atoms with E-state index in [1.54, 1.807) is 12.1 Å². The number of rotatable bonds is 11. The molecule has 2 aromatic rings. The zero-order chi connectivity index (χ0) is 23.5. The largest absolute Gasteiger partial charge is 0.468 e. The van der Waals surface area contributed by atoms with Gasteiger partial charge in [0.2, 0.25) is 0 Å². The van der Waals surface area contributed by atoms with E-state index in [1.165, 1.54) is 14.2 Å². The van der Waals surface area contributed by atoms with Gasteiger partial charge in [0.25, 0.3) is 5.91 Å². The van der Waals surface area contributed by atoms with Crippen LogP contribution in [0.25, 0.3) is 11.1 Å². The van der Waals surface area contributed by atoms with E-state index >= 15 is 0 Å². The smallest absolute Gasteiger partial charge is 0.322 e. The number of amides is 1. The number of nitrogens with one attached hydrogen (secondary N) is 2. The van der Waals surface area contributed by atoms with Crippen molar-refractivity contribution in [2.24, 2.45) is 5.92 Å². The molecule has 7 nitrogen and oxygen atoms in total. The number of ether oxygens (including phenoxy) is 2. The zero-order valence-electron chi connectivity index (χ0n) is 19.1. The molecule has 1 amide bonds. The van der Waals surface area contributed by atoms with Crippen molar-refractivity contribution in [3.8, 4) is 11.1 Å². The van der Waals surface area contributed by atoms with Crippen LogP contribution in [0.15, 0.2) is 54.6 Å². The highest BCUT2D eigenvalue weighted by Gasteiger charge is 2.28. The lowest BCUT2D eigenvalue weighted by atomic mass is 10.0. The Balaban J connectivity index is 1.95. The van der Waals surface area contributed by atoms with E-state index in [9.17, 15) is 14.4 Å². The lowest BCUT2D eigenvalue weighted by Crippen LogP contribution is -2.49. The maximum Gasteiger partial charge on any atom is 0.322 e. The van der Waals surface area contributed by atoms with Gasteiger partial charge >= 0.3 is 11.9 Å². The fraction of sp³-hybridized carbons (Fsp3) is 0.400. The maximum absolute atomic E-state index is 12.5. The van der Waals surface area contributed by atoms with Crippen LogP contribution in [0.1, 0.15) is 37.0 Å². The Hall–Kier alpha value is -3.19. The number of benzene rings is 2. The average Bonchev–Trinajstić information content (AvgIpc) is 2.82. The summed E-state index contributed by atoms with van der Waals surface area (Å²) < 4.78 is 9.71. The van der Waals surface area contributed by atoms with E-state index in [-0.39, 0.29) is 24.8 Å². The molecule has 2 rings (SSSR count). The van der Waals surface area contributed by atoms with Crippen LogP contribution < -0.4 is 10.6 Å². The van der Waals surface area contributed by atoms with Crippen LogP contribution in [0, 0.1) is 5.92 Å². The van der Waals surface area contributed by atoms with Gasteiger partial charge in [0.05, 0.1) is 14.2 Å². The number of carbonyl (C=O) groups excluding carboxylic acids is 3. The van der Waals surface area contributed by atoms with Crippen LogP contribution in [0.4, 0.5) is 0 Å². The minimum Gasteiger partial charge on any atom is -0.468 e. The summed E-state index contributed by atoms with van der Waals surface area (Å²) in [6.07, 6.45) is 0.784. The van der Waals surface area contributed by atoms with E-state index in [4.69, 9.17) is 9.47 Å². The summed E-state index contributed by atoms with van der Waals surface area (Å²) in [4.78, 5) is 36.8. The number of esters is 2. The molecule has 0 bridgehead atoms. The first kappa shape index (κ1) is 25.1. The molecular weight excluding hydrogens is 408 g/mol. The Labute approximate surface area is 189 Å². The normalized spacial score (nSPS) is 12.7. The Morgan fingerprint density at radius 1 is 0.812 bits per heavy atom. The molecular formula is C25H32N2O5. The second-order valence-electron chi connectivity index (χ2n) is 7.94. The molecule has 2 atom stereocenters. The van der Waals surface area contributed by atoms with Gasteiger partial charge in [0, 0.05) is 12.1 Å². The summed E-state index contributed by atoms with van der Waals surface area (Å²) in [6.45, 7) is 4.20. The van der Waals surface area contributed by atoms with Gasteiger partial charge in [0.15, 0.2) is 0 Å². The predicted octanol–water partition coefficient (Wildman–Crippen LogP) is 3.19. The molecule has 7 heteroatoms. The first-order chi connectivity index (χ1) is 15.3. The predicted molar refractivity (Wildman–Crippen MR) is 123 cm³/mol. The molecule has 0 saturated carbocycles. The molecule has 0 fully saturated rings. The zero-order valence-corrected chi connectivity index (χ0v) is 19.1. The molecule has 2 N–H and O–H groups in total. The summed E-state index contributed by atoms with van der Waals surface area (Å²) >= 11 is 0. The summed E-state index contributed by atoms with van der Waals surface area (Å²) in [5.41, 5.74) is 2.63. The van der Waals surface area contributed by atoms with Crippen molar-refractivity contribution in [1.82, 2.24) is 10.6 Å². The monoisotopic (exact) mass is 440 g/mol. The third kappa shape index (κ3) is 7.50. The van der Waals surface area contributed by atoms with E-state index in [0.29, 0.717) is 12.0 Å². The van der Waals surface area contributed by atoms with Crippen LogP contribution in [-0.4, -0.2) is 50.7 Å². The lowest BCUT2D eigenvalue weighted by Gasteiger charge is -2.24. The molecule has 0 aliphatic heterocycles. The van der Waals surface area contributed by atoms with Gasteiger partial charge in [-0.3, -0.25) is 19.7 Å². The van der Waals surface area contributed by atoms with Gasteiger partial charge in [-0.2, -0.15) is 0 Å². The number of hydrogen-bond donors (Lipinski definition) is 2. The summed E-state index contributed by atoms with van der Waals surface area (Å²) in [7, 11) is 2.60. The molecule has 2 aromatic carbocycles. The van der Waals surface area contributed by atoms with E-state index in [1.807, 2.05) is 56.3 Å². The highest BCUT2D eigenvalue weighted by atomic mass is 16.5. The van der Waals surface area contributed by atoms with Gasteiger partial charge in [0.1, 0.15) is 12.1 Å². The second-order valence-corrected chi connectivity index (χ2v) is 7.94. The van der Waals surface area contributed by atoms with Crippen LogP contribution in [-0.2, 0) is 19.1 Å². The number of carbonyl (C=O) groups is 3. The van der Waals surface area contributed by atoms with Crippen molar-refractivity contribution in [1.29, 1.82) is 0 Å². The number of hydrogen-bond acceptors (Lipinski definition) is 6. The number of methoxy groups -OCH3 is 2. The molecule has 0 aliphatic rings. The highest BCUT2D eigenvalue weighted by molar-refractivity contribution is 5.94. The first-order valence-corrected chi connectivity index (χ1v) is 10.7. The Bertz CT molecular complexity index is 881. The minimum absolute atomic E-state index is 0.225. The van der Waals surface area contributed by atoms with Crippen LogP contribution in [0.2, 0.25) is 0 Å². The summed E-state index contributed by atoms with van der Waals surface area (Å²) in [6, 6.07) is 15.9. The third-order valence-electron chi connectivity index (χ3n) is 5.05. The lowest BCUT2D eigenvalue weighted by molar-refractivity contribution is -0.146.